The van der Waals surface area contributed by atoms with Crippen LogP contribution in [-0.4, -0.2) is 11.5 Å². The summed E-state index contributed by atoms with van der Waals surface area (Å²) < 4.78 is 0.968. The second-order valence-corrected chi connectivity index (χ2v) is 8.10. The molecule has 0 fully saturated rings. The first kappa shape index (κ1) is 19.6. The van der Waals surface area contributed by atoms with E-state index in [2.05, 4.69) is 47.2 Å². The summed E-state index contributed by atoms with van der Waals surface area (Å²) in [6.07, 6.45) is 2.13. The van der Waals surface area contributed by atoms with Crippen molar-refractivity contribution in [1.29, 1.82) is 5.26 Å². The minimum atomic E-state index is -0.328. The summed E-state index contributed by atoms with van der Waals surface area (Å²) in [4.78, 5) is 12.3. The highest BCUT2D eigenvalue weighted by atomic mass is 79.9. The van der Waals surface area contributed by atoms with Gasteiger partial charge in [0.15, 0.2) is 5.78 Å². The van der Waals surface area contributed by atoms with Gasteiger partial charge in [-0.2, -0.15) is 5.26 Å². The molecule has 1 unspecified atom stereocenters. The molecule has 1 atom stereocenters. The van der Waals surface area contributed by atoms with Crippen LogP contribution in [0.3, 0.4) is 0 Å². The highest BCUT2D eigenvalue weighted by Crippen LogP contribution is 2.41. The number of nitrogens with zero attached hydrogens (tertiary/aromatic N) is 1. The number of rotatable bonds is 5. The largest absolute Gasteiger partial charge is 0.353 e. The quantitative estimate of drug-likeness (QED) is 0.649. The second-order valence-electron chi connectivity index (χ2n) is 6.15. The van der Waals surface area contributed by atoms with E-state index in [0.717, 1.165) is 26.5 Å². The van der Waals surface area contributed by atoms with E-state index in [-0.39, 0.29) is 11.7 Å². The third-order valence-corrected chi connectivity index (χ3v) is 5.42. The molecule has 2 rings (SSSR count). The normalized spacial score (nSPS) is 17.0. The summed E-state index contributed by atoms with van der Waals surface area (Å²) in [6, 6.07) is 10.1. The lowest BCUT2D eigenvalue weighted by atomic mass is 9.81. The number of Topliss-reactive ketones (excluding diaryl/α,β-unsaturated/α-hetero) is 1. The molecule has 0 radical (unpaired) electrons. The van der Waals surface area contributed by atoms with Gasteiger partial charge in [-0.05, 0) is 45.4 Å². The van der Waals surface area contributed by atoms with Crippen molar-refractivity contribution in [2.24, 2.45) is 0 Å². The summed E-state index contributed by atoms with van der Waals surface area (Å²) in [5, 5.41) is 13.9. The molecule has 130 valence electrons. The molecule has 25 heavy (non-hydrogen) atoms. The Morgan fingerprint density at radius 1 is 1.32 bits per heavy atom. The average Bonchev–Trinajstić information content (AvgIpc) is 2.54. The van der Waals surface area contributed by atoms with Gasteiger partial charge >= 0.3 is 0 Å². The van der Waals surface area contributed by atoms with Crippen LogP contribution >= 0.6 is 27.7 Å². The minimum absolute atomic E-state index is 0.0148. The number of hydrogen-bond acceptors (Lipinski definition) is 4. The van der Waals surface area contributed by atoms with E-state index in [1.807, 2.05) is 31.2 Å². The van der Waals surface area contributed by atoms with Gasteiger partial charge in [0.1, 0.15) is 0 Å². The molecule has 1 aliphatic rings. The maximum atomic E-state index is 12.3. The first-order valence-electron chi connectivity index (χ1n) is 7.99. The van der Waals surface area contributed by atoms with E-state index in [4.69, 9.17) is 0 Å². The number of nitriles is 1. The topological polar surface area (TPSA) is 52.9 Å². The number of ketones is 1. The highest BCUT2D eigenvalue weighted by Gasteiger charge is 2.32. The number of carbonyl (C=O) groups excluding carboxylic acids is 1. The third kappa shape index (κ3) is 4.65. The standard InChI is InChI=1S/C20H21BrN2OS/c1-12(2)9-10-25-20-17(11-22)19(15-5-7-16(21)8-6-15)18(14(4)24)13(3)23-20/h5-9,19,23H,10H2,1-4H3. The predicted octanol–water partition coefficient (Wildman–Crippen LogP) is 5.43. The molecule has 0 saturated heterocycles. The molecule has 1 aromatic rings. The molecule has 1 aromatic carbocycles. The van der Waals surface area contributed by atoms with Crippen LogP contribution in [0, 0.1) is 11.3 Å². The Bertz CT molecular complexity index is 809. The molecule has 0 aliphatic carbocycles. The van der Waals surface area contributed by atoms with E-state index < -0.39 is 0 Å². The number of dihydropyridines is 1. The SMILES string of the molecule is CC(=O)C1=C(C)NC(SCC=C(C)C)=C(C#N)C1c1ccc(Br)cc1. The molecule has 0 aromatic heterocycles. The fourth-order valence-corrected chi connectivity index (χ4v) is 4.17. The number of halogens is 1. The zero-order valence-corrected chi connectivity index (χ0v) is 17.2. The Kier molecular flexibility index (Phi) is 6.69. The van der Waals surface area contributed by atoms with Crippen molar-refractivity contribution >= 4 is 33.5 Å². The first-order valence-corrected chi connectivity index (χ1v) is 9.77. The van der Waals surface area contributed by atoms with Crippen LogP contribution < -0.4 is 5.32 Å². The number of benzene rings is 1. The predicted molar refractivity (Wildman–Crippen MR) is 108 cm³/mol. The van der Waals surface area contributed by atoms with Crippen molar-refractivity contribution in [3.63, 3.8) is 0 Å². The van der Waals surface area contributed by atoms with Gasteiger partial charge < -0.3 is 5.32 Å². The lowest BCUT2D eigenvalue weighted by Crippen LogP contribution is -2.27. The molecule has 1 N–H and O–H groups in total. The van der Waals surface area contributed by atoms with Gasteiger partial charge in [-0.1, -0.05) is 39.7 Å². The number of carbonyl (C=O) groups is 1. The Labute approximate surface area is 162 Å². The smallest absolute Gasteiger partial charge is 0.158 e. The number of hydrogen-bond donors (Lipinski definition) is 1. The van der Waals surface area contributed by atoms with E-state index in [9.17, 15) is 10.1 Å². The Morgan fingerprint density at radius 2 is 1.96 bits per heavy atom. The fourth-order valence-electron chi connectivity index (χ4n) is 2.77. The van der Waals surface area contributed by atoms with Crippen molar-refractivity contribution in [2.75, 3.05) is 5.75 Å². The molecule has 5 heteroatoms. The molecule has 0 saturated carbocycles. The highest BCUT2D eigenvalue weighted by molar-refractivity contribution is 9.10. The van der Waals surface area contributed by atoms with E-state index in [1.54, 1.807) is 18.7 Å². The number of allylic oxidation sites excluding steroid dienone is 4. The monoisotopic (exact) mass is 416 g/mol. The molecule has 0 spiro atoms. The number of thioether (sulfide) groups is 1. The maximum absolute atomic E-state index is 12.3. The van der Waals surface area contributed by atoms with E-state index in [0.29, 0.717) is 11.1 Å². The summed E-state index contributed by atoms with van der Waals surface area (Å²) >= 11 is 5.03. The van der Waals surface area contributed by atoms with Crippen LogP contribution in [0.5, 0.6) is 0 Å². The molecular formula is C20H21BrN2OS. The lowest BCUT2D eigenvalue weighted by Gasteiger charge is -2.29. The van der Waals surface area contributed by atoms with Gasteiger partial charge in [0.2, 0.25) is 0 Å². The van der Waals surface area contributed by atoms with Crippen molar-refractivity contribution in [3.05, 3.63) is 67.8 Å². The van der Waals surface area contributed by atoms with Crippen LogP contribution in [-0.2, 0) is 4.79 Å². The van der Waals surface area contributed by atoms with Gasteiger partial charge in [-0.15, -0.1) is 11.8 Å². The van der Waals surface area contributed by atoms with Gasteiger partial charge in [0.05, 0.1) is 22.6 Å². The summed E-state index contributed by atoms with van der Waals surface area (Å²) in [5.41, 5.74) is 4.27. The molecule has 0 bridgehead atoms. The van der Waals surface area contributed by atoms with Crippen LogP contribution in [0.15, 0.2) is 62.3 Å². The van der Waals surface area contributed by atoms with Crippen LogP contribution in [0.2, 0.25) is 0 Å². The molecule has 1 heterocycles. The fraction of sp³-hybridized carbons (Fsp3) is 0.300. The lowest BCUT2D eigenvalue weighted by molar-refractivity contribution is -0.113. The maximum Gasteiger partial charge on any atom is 0.158 e. The van der Waals surface area contributed by atoms with E-state index in [1.165, 1.54) is 5.57 Å². The zero-order valence-electron chi connectivity index (χ0n) is 14.8. The van der Waals surface area contributed by atoms with Crippen molar-refractivity contribution in [3.8, 4) is 6.07 Å². The first-order chi connectivity index (χ1) is 11.8. The van der Waals surface area contributed by atoms with Crippen molar-refractivity contribution in [2.45, 2.75) is 33.6 Å². The summed E-state index contributed by atoms with van der Waals surface area (Å²) in [5.74, 6) is 0.441. The van der Waals surface area contributed by atoms with E-state index >= 15 is 0 Å². The average molecular weight is 417 g/mol. The Hall–Kier alpha value is -1.77. The Morgan fingerprint density at radius 3 is 2.48 bits per heavy atom. The van der Waals surface area contributed by atoms with Gasteiger partial charge in [0.25, 0.3) is 0 Å². The minimum Gasteiger partial charge on any atom is -0.353 e. The third-order valence-electron chi connectivity index (χ3n) is 3.95. The Balaban J connectivity index is 2.53. The van der Waals surface area contributed by atoms with Crippen LogP contribution in [0.25, 0.3) is 0 Å². The van der Waals surface area contributed by atoms with Crippen molar-refractivity contribution < 1.29 is 4.79 Å². The molecule has 0 amide bonds. The van der Waals surface area contributed by atoms with Crippen LogP contribution in [0.1, 0.15) is 39.2 Å². The van der Waals surface area contributed by atoms with Gasteiger partial charge in [-0.3, -0.25) is 4.79 Å². The molecular weight excluding hydrogens is 396 g/mol. The summed E-state index contributed by atoms with van der Waals surface area (Å²) in [6.45, 7) is 7.57. The molecule has 3 nitrogen and oxygen atoms in total. The number of nitrogens with one attached hydrogen (secondary N) is 1. The molecule has 1 aliphatic heterocycles. The zero-order chi connectivity index (χ0) is 18.6. The summed E-state index contributed by atoms with van der Waals surface area (Å²) in [7, 11) is 0. The van der Waals surface area contributed by atoms with Gasteiger partial charge in [-0.25, -0.2) is 0 Å². The second kappa shape index (κ2) is 8.55. The van der Waals surface area contributed by atoms with Gasteiger partial charge in [0, 0.05) is 21.5 Å². The van der Waals surface area contributed by atoms with Crippen molar-refractivity contribution in [1.82, 2.24) is 5.32 Å². The van der Waals surface area contributed by atoms with Crippen LogP contribution in [0.4, 0.5) is 0 Å².